The molecule has 0 aromatic heterocycles. The summed E-state index contributed by atoms with van der Waals surface area (Å²) in [6, 6.07) is 10.6. The van der Waals surface area contributed by atoms with Crippen LogP contribution < -0.4 is 0 Å². The van der Waals surface area contributed by atoms with E-state index in [-0.39, 0.29) is 6.10 Å². The number of ether oxygens (including phenoxy) is 1. The number of hydrogen-bond acceptors (Lipinski definition) is 2. The molecule has 0 spiro atoms. The van der Waals surface area contributed by atoms with Crippen molar-refractivity contribution in [1.82, 2.24) is 0 Å². The van der Waals surface area contributed by atoms with E-state index >= 15 is 0 Å². The van der Waals surface area contributed by atoms with E-state index in [4.69, 9.17) is 4.74 Å². The van der Waals surface area contributed by atoms with Gasteiger partial charge in [-0.1, -0.05) is 42.5 Å². The summed E-state index contributed by atoms with van der Waals surface area (Å²) in [6.45, 7) is 4.43. The van der Waals surface area contributed by atoms with Gasteiger partial charge >= 0.3 is 0 Å². The first-order chi connectivity index (χ1) is 9.33. The molecule has 1 aromatic rings. The summed E-state index contributed by atoms with van der Waals surface area (Å²) in [4.78, 5) is 1.31. The lowest BCUT2D eigenvalue weighted by atomic mass is 9.89. The fourth-order valence-electron chi connectivity index (χ4n) is 3.70. The summed E-state index contributed by atoms with van der Waals surface area (Å²) < 4.78 is 6.29. The third kappa shape index (κ3) is 1.89. The molecule has 0 radical (unpaired) electrons. The van der Waals surface area contributed by atoms with E-state index in [0.717, 1.165) is 0 Å². The molecule has 19 heavy (non-hydrogen) atoms. The molecule has 98 valence electrons. The smallest absolute Gasteiger partial charge is 0.0919 e. The Morgan fingerprint density at radius 1 is 1.11 bits per heavy atom. The van der Waals surface area contributed by atoms with E-state index in [1.807, 2.05) is 11.8 Å². The number of benzene rings is 1. The SMILES string of the molecule is C=C1[C@@H]2CC[C@@H]3O[C@@H](C=C[C@@H]32)[C@H]1Sc1ccccc1. The van der Waals surface area contributed by atoms with Crippen LogP contribution in [0.5, 0.6) is 0 Å². The Bertz CT molecular complexity index is 521. The van der Waals surface area contributed by atoms with Crippen LogP contribution >= 0.6 is 11.8 Å². The lowest BCUT2D eigenvalue weighted by molar-refractivity contribution is 0.000293. The van der Waals surface area contributed by atoms with Crippen molar-refractivity contribution in [2.45, 2.75) is 35.2 Å². The predicted molar refractivity (Wildman–Crippen MR) is 79.2 cm³/mol. The van der Waals surface area contributed by atoms with Crippen LogP contribution in [0.1, 0.15) is 12.8 Å². The molecule has 2 aliphatic heterocycles. The molecule has 1 aromatic carbocycles. The molecule has 5 atom stereocenters. The molecule has 5 rings (SSSR count). The van der Waals surface area contributed by atoms with Gasteiger partial charge in [-0.2, -0.15) is 0 Å². The Labute approximate surface area is 118 Å². The van der Waals surface area contributed by atoms with Gasteiger partial charge in [0.1, 0.15) is 0 Å². The average Bonchev–Trinajstić information content (AvgIpc) is 2.79. The van der Waals surface area contributed by atoms with Crippen LogP contribution in [0, 0.1) is 11.8 Å². The van der Waals surface area contributed by atoms with Crippen molar-refractivity contribution in [3.05, 3.63) is 54.6 Å². The molecule has 0 N–H and O–H groups in total. The Kier molecular flexibility index (Phi) is 2.82. The molecule has 2 heterocycles. The molecular weight excluding hydrogens is 252 g/mol. The Morgan fingerprint density at radius 3 is 2.79 bits per heavy atom. The highest BCUT2D eigenvalue weighted by Crippen LogP contribution is 2.50. The van der Waals surface area contributed by atoms with Gasteiger partial charge in [0.25, 0.3) is 0 Å². The van der Waals surface area contributed by atoms with E-state index in [0.29, 0.717) is 23.2 Å². The molecule has 1 nitrogen and oxygen atoms in total. The molecule has 0 amide bonds. The van der Waals surface area contributed by atoms with Gasteiger partial charge in [0.05, 0.1) is 17.5 Å². The second-order valence-corrected chi connectivity index (χ2v) is 6.93. The molecule has 4 bridgehead atoms. The summed E-state index contributed by atoms with van der Waals surface area (Å²) in [5, 5.41) is 0.374. The van der Waals surface area contributed by atoms with Gasteiger partial charge in [-0.05, 0) is 30.9 Å². The van der Waals surface area contributed by atoms with Crippen LogP contribution in [0.3, 0.4) is 0 Å². The highest BCUT2D eigenvalue weighted by Gasteiger charge is 2.47. The van der Waals surface area contributed by atoms with Crippen molar-refractivity contribution >= 4 is 11.8 Å². The van der Waals surface area contributed by atoms with Gasteiger partial charge < -0.3 is 4.74 Å². The van der Waals surface area contributed by atoms with Crippen molar-refractivity contribution in [2.75, 3.05) is 0 Å². The quantitative estimate of drug-likeness (QED) is 0.749. The zero-order chi connectivity index (χ0) is 12.8. The summed E-state index contributed by atoms with van der Waals surface area (Å²) in [5.74, 6) is 1.22. The van der Waals surface area contributed by atoms with E-state index < -0.39 is 0 Å². The summed E-state index contributed by atoms with van der Waals surface area (Å²) in [7, 11) is 0. The second-order valence-electron chi connectivity index (χ2n) is 5.71. The zero-order valence-electron chi connectivity index (χ0n) is 10.9. The second kappa shape index (κ2) is 4.53. The predicted octanol–water partition coefficient (Wildman–Crippen LogP) is 4.07. The van der Waals surface area contributed by atoms with Crippen molar-refractivity contribution in [1.29, 1.82) is 0 Å². The monoisotopic (exact) mass is 270 g/mol. The topological polar surface area (TPSA) is 9.23 Å². The first-order valence-corrected chi connectivity index (χ1v) is 7.95. The standard InChI is InChI=1S/C17H18OS/c1-11-13-7-9-15-14(13)8-10-16(18-15)17(11)19-12-5-3-2-4-6-12/h2-6,8,10,13-17H,1,7,9H2/t13-,14+,15-,16-,17-/m0/s1. The number of rotatable bonds is 2. The third-order valence-corrected chi connectivity index (χ3v) is 6.03. The Balaban J connectivity index is 1.65. The van der Waals surface area contributed by atoms with Crippen LogP contribution in [0.15, 0.2) is 59.5 Å². The normalized spacial score (nSPS) is 39.6. The molecule has 2 heteroatoms. The van der Waals surface area contributed by atoms with Gasteiger partial charge in [-0.3, -0.25) is 0 Å². The highest BCUT2D eigenvalue weighted by atomic mass is 32.2. The van der Waals surface area contributed by atoms with Crippen LogP contribution in [0.2, 0.25) is 0 Å². The number of thioether (sulfide) groups is 1. The van der Waals surface area contributed by atoms with Crippen molar-refractivity contribution in [2.24, 2.45) is 11.8 Å². The third-order valence-electron chi connectivity index (χ3n) is 4.66. The summed E-state index contributed by atoms with van der Waals surface area (Å²) >= 11 is 1.91. The molecule has 1 saturated heterocycles. The lowest BCUT2D eigenvalue weighted by Crippen LogP contribution is -2.31. The molecule has 1 saturated carbocycles. The fourth-order valence-corrected chi connectivity index (χ4v) is 4.93. The molecular formula is C17H18OS. The van der Waals surface area contributed by atoms with Crippen molar-refractivity contribution in [3.8, 4) is 0 Å². The maximum absolute atomic E-state index is 6.29. The minimum atomic E-state index is 0.212. The minimum Gasteiger partial charge on any atom is -0.369 e. The number of hydrogen-bond donors (Lipinski definition) is 0. The molecule has 4 aliphatic rings. The van der Waals surface area contributed by atoms with E-state index in [1.54, 1.807) is 0 Å². The van der Waals surface area contributed by atoms with E-state index in [1.165, 1.54) is 23.3 Å². The Morgan fingerprint density at radius 2 is 1.95 bits per heavy atom. The van der Waals surface area contributed by atoms with Crippen LogP contribution in [0.4, 0.5) is 0 Å². The molecule has 2 aliphatic carbocycles. The minimum absolute atomic E-state index is 0.212. The highest BCUT2D eigenvalue weighted by molar-refractivity contribution is 8.00. The fraction of sp³-hybridized carbons (Fsp3) is 0.412. The maximum atomic E-state index is 6.29. The van der Waals surface area contributed by atoms with Crippen LogP contribution in [-0.2, 0) is 4.74 Å². The summed E-state index contributed by atoms with van der Waals surface area (Å²) in [5.41, 5.74) is 1.40. The van der Waals surface area contributed by atoms with Crippen LogP contribution in [-0.4, -0.2) is 17.5 Å². The van der Waals surface area contributed by atoms with Gasteiger partial charge in [-0.15, -0.1) is 11.8 Å². The number of fused-ring (bicyclic) bond motifs is 1. The molecule has 0 unspecified atom stereocenters. The molecule has 2 fully saturated rings. The first kappa shape index (κ1) is 11.8. The average molecular weight is 270 g/mol. The maximum Gasteiger partial charge on any atom is 0.0919 e. The largest absolute Gasteiger partial charge is 0.369 e. The van der Waals surface area contributed by atoms with Crippen molar-refractivity contribution < 1.29 is 4.74 Å². The summed E-state index contributed by atoms with van der Waals surface area (Å²) in [6.07, 6.45) is 7.78. The zero-order valence-corrected chi connectivity index (χ0v) is 11.7. The van der Waals surface area contributed by atoms with Gasteiger partial charge in [0, 0.05) is 10.8 Å². The van der Waals surface area contributed by atoms with Crippen LogP contribution in [0.25, 0.3) is 0 Å². The van der Waals surface area contributed by atoms with Gasteiger partial charge in [0.15, 0.2) is 0 Å². The van der Waals surface area contributed by atoms with E-state index in [2.05, 4.69) is 49.1 Å². The van der Waals surface area contributed by atoms with E-state index in [9.17, 15) is 0 Å². The first-order valence-electron chi connectivity index (χ1n) is 7.07. The van der Waals surface area contributed by atoms with Gasteiger partial charge in [0.2, 0.25) is 0 Å². The van der Waals surface area contributed by atoms with Gasteiger partial charge in [-0.25, -0.2) is 0 Å². The Hall–Kier alpha value is -0.990. The van der Waals surface area contributed by atoms with Crippen molar-refractivity contribution in [3.63, 3.8) is 0 Å². The lowest BCUT2D eigenvalue weighted by Gasteiger charge is -2.29.